The van der Waals surface area contributed by atoms with Gasteiger partial charge in [0.25, 0.3) is 0 Å². The highest BCUT2D eigenvalue weighted by atomic mass is 32.1. The van der Waals surface area contributed by atoms with E-state index in [4.69, 9.17) is 4.74 Å². The van der Waals surface area contributed by atoms with Gasteiger partial charge in [-0.2, -0.15) is 5.26 Å². The van der Waals surface area contributed by atoms with Crippen molar-refractivity contribution < 1.29 is 4.74 Å². The summed E-state index contributed by atoms with van der Waals surface area (Å²) in [5.74, 6) is 0. The summed E-state index contributed by atoms with van der Waals surface area (Å²) < 4.78 is 5.41. The van der Waals surface area contributed by atoms with E-state index in [0.717, 1.165) is 70.4 Å². The molecule has 1 aromatic carbocycles. The summed E-state index contributed by atoms with van der Waals surface area (Å²) in [6, 6.07) is 10.6. The van der Waals surface area contributed by atoms with Gasteiger partial charge in [-0.3, -0.25) is 4.90 Å². The highest BCUT2D eigenvalue weighted by Crippen LogP contribution is 2.36. The Bertz CT molecular complexity index is 1310. The van der Waals surface area contributed by atoms with E-state index in [1.807, 2.05) is 6.20 Å². The lowest BCUT2D eigenvalue weighted by Gasteiger charge is -2.25. The zero-order valence-corrected chi connectivity index (χ0v) is 18.1. The molecule has 156 valence electrons. The largest absolute Gasteiger partial charge is 0.379 e. The van der Waals surface area contributed by atoms with Crippen LogP contribution in [0.15, 0.2) is 42.7 Å². The second-order valence-electron chi connectivity index (χ2n) is 7.64. The van der Waals surface area contributed by atoms with E-state index < -0.39 is 0 Å². The van der Waals surface area contributed by atoms with Crippen LogP contribution in [0.2, 0.25) is 0 Å². The summed E-state index contributed by atoms with van der Waals surface area (Å²) in [6.07, 6.45) is 7.95. The van der Waals surface area contributed by atoms with Crippen molar-refractivity contribution in [3.63, 3.8) is 0 Å². The van der Waals surface area contributed by atoms with Crippen LogP contribution >= 0.6 is 11.3 Å². The number of rotatable bonds is 5. The van der Waals surface area contributed by atoms with E-state index in [1.165, 1.54) is 5.39 Å². The Labute approximate surface area is 184 Å². The van der Waals surface area contributed by atoms with Crippen molar-refractivity contribution in [2.45, 2.75) is 6.92 Å². The first kappa shape index (κ1) is 19.8. The summed E-state index contributed by atoms with van der Waals surface area (Å²) in [5.41, 5.74) is 4.60. The normalized spacial score (nSPS) is 15.1. The number of morpholine rings is 1. The first-order chi connectivity index (χ1) is 15.2. The Kier molecular flexibility index (Phi) is 5.43. The van der Waals surface area contributed by atoms with Gasteiger partial charge in [-0.25, -0.2) is 4.98 Å². The van der Waals surface area contributed by atoms with Gasteiger partial charge in [0.2, 0.25) is 0 Å². The van der Waals surface area contributed by atoms with Gasteiger partial charge in [0.1, 0.15) is 10.9 Å². The number of nitrogens with zero attached hydrogens (tertiary/aromatic N) is 3. The van der Waals surface area contributed by atoms with Crippen molar-refractivity contribution in [3.05, 3.63) is 58.7 Å². The minimum atomic E-state index is 0.544. The van der Waals surface area contributed by atoms with E-state index >= 15 is 0 Å². The van der Waals surface area contributed by atoms with Gasteiger partial charge in [-0.05, 0) is 42.8 Å². The smallest absolute Gasteiger partial charge is 0.125 e. The van der Waals surface area contributed by atoms with E-state index in [1.54, 1.807) is 17.5 Å². The van der Waals surface area contributed by atoms with Crippen LogP contribution in [0.3, 0.4) is 0 Å². The third-order valence-corrected chi connectivity index (χ3v) is 6.72. The lowest BCUT2D eigenvalue weighted by Crippen LogP contribution is -2.36. The number of aryl methyl sites for hydroxylation is 1. The van der Waals surface area contributed by atoms with Gasteiger partial charge in [0.05, 0.1) is 24.5 Å². The minimum absolute atomic E-state index is 0.544. The molecule has 7 heteroatoms. The summed E-state index contributed by atoms with van der Waals surface area (Å²) in [4.78, 5) is 12.2. The standard InChI is InChI=1S/C24H23N5OS/c1-16-19-6-7-26-22(19)5-4-21(16)28-23-17(14-25)15-27-24-20(23)13-18(31-24)3-2-8-29-9-11-30-12-10-29/h2-7,13,15,26H,8-12H2,1H3,(H,27,28). The van der Waals surface area contributed by atoms with Crippen molar-refractivity contribution in [1.29, 1.82) is 5.26 Å². The fourth-order valence-electron chi connectivity index (χ4n) is 3.97. The van der Waals surface area contributed by atoms with Gasteiger partial charge in [0.15, 0.2) is 0 Å². The number of hydrogen-bond acceptors (Lipinski definition) is 6. The SMILES string of the molecule is Cc1c(Nc2c(C#N)cnc3sc(C=CCN4CCOCC4)cc23)ccc2[nH]ccc12. The molecule has 0 radical (unpaired) electrons. The average molecular weight is 430 g/mol. The predicted molar refractivity (Wildman–Crippen MR) is 127 cm³/mol. The maximum atomic E-state index is 9.70. The monoisotopic (exact) mass is 429 g/mol. The molecule has 0 amide bonds. The molecule has 6 nitrogen and oxygen atoms in total. The molecule has 1 saturated heterocycles. The Morgan fingerprint density at radius 3 is 3.00 bits per heavy atom. The molecule has 5 rings (SSSR count). The minimum Gasteiger partial charge on any atom is -0.379 e. The second-order valence-corrected chi connectivity index (χ2v) is 8.71. The van der Waals surface area contributed by atoms with E-state index in [0.29, 0.717) is 5.56 Å². The molecule has 1 aliphatic heterocycles. The zero-order chi connectivity index (χ0) is 21.2. The number of nitriles is 1. The van der Waals surface area contributed by atoms with Crippen LogP contribution in [-0.4, -0.2) is 47.7 Å². The summed E-state index contributed by atoms with van der Waals surface area (Å²) in [7, 11) is 0. The van der Waals surface area contributed by atoms with Crippen molar-refractivity contribution in [2.75, 3.05) is 38.2 Å². The van der Waals surface area contributed by atoms with Crippen molar-refractivity contribution in [2.24, 2.45) is 0 Å². The Hall–Kier alpha value is -3.18. The van der Waals surface area contributed by atoms with Crippen LogP contribution in [0.1, 0.15) is 16.0 Å². The van der Waals surface area contributed by atoms with Gasteiger partial charge in [-0.15, -0.1) is 11.3 Å². The van der Waals surface area contributed by atoms with Crippen molar-refractivity contribution in [3.8, 4) is 6.07 Å². The number of H-pyrrole nitrogens is 1. The number of pyridine rings is 1. The molecule has 1 aliphatic rings. The highest BCUT2D eigenvalue weighted by Gasteiger charge is 2.14. The number of hydrogen-bond donors (Lipinski definition) is 2. The number of aromatic nitrogens is 2. The molecule has 4 aromatic rings. The van der Waals surface area contributed by atoms with Crippen LogP contribution in [0, 0.1) is 18.3 Å². The van der Waals surface area contributed by atoms with E-state index in [2.05, 4.69) is 69.6 Å². The molecule has 0 aliphatic carbocycles. The molecular weight excluding hydrogens is 406 g/mol. The van der Waals surface area contributed by atoms with E-state index in [9.17, 15) is 5.26 Å². The third-order valence-electron chi connectivity index (χ3n) is 5.71. The van der Waals surface area contributed by atoms with Crippen molar-refractivity contribution >= 4 is 49.9 Å². The second kappa shape index (κ2) is 8.52. The molecule has 2 N–H and O–H groups in total. The molecule has 0 unspecified atom stereocenters. The molecule has 0 bridgehead atoms. The molecule has 31 heavy (non-hydrogen) atoms. The van der Waals surface area contributed by atoms with Crippen LogP contribution in [0.5, 0.6) is 0 Å². The van der Waals surface area contributed by atoms with E-state index in [-0.39, 0.29) is 0 Å². The number of anilines is 2. The number of thiophene rings is 1. The molecule has 0 saturated carbocycles. The van der Waals surface area contributed by atoms with Crippen LogP contribution in [0.25, 0.3) is 27.2 Å². The summed E-state index contributed by atoms with van der Waals surface area (Å²) >= 11 is 1.64. The fraction of sp³-hybridized carbons (Fsp3) is 0.250. The molecule has 3 aromatic heterocycles. The summed E-state index contributed by atoms with van der Waals surface area (Å²) in [6.45, 7) is 6.57. The van der Waals surface area contributed by atoms with Gasteiger partial charge in [-0.1, -0.05) is 6.08 Å². The maximum absolute atomic E-state index is 9.70. The number of benzene rings is 1. The Balaban J connectivity index is 1.46. The van der Waals surface area contributed by atoms with Crippen LogP contribution in [-0.2, 0) is 4.74 Å². The van der Waals surface area contributed by atoms with Gasteiger partial charge >= 0.3 is 0 Å². The first-order valence-corrected chi connectivity index (χ1v) is 11.2. The van der Waals surface area contributed by atoms with Gasteiger partial charge < -0.3 is 15.0 Å². The van der Waals surface area contributed by atoms with Crippen LogP contribution < -0.4 is 5.32 Å². The highest BCUT2D eigenvalue weighted by molar-refractivity contribution is 7.19. The molecule has 1 fully saturated rings. The summed E-state index contributed by atoms with van der Waals surface area (Å²) in [5, 5.41) is 15.4. The molecular formula is C24H23N5OS. The predicted octanol–water partition coefficient (Wildman–Crippen LogP) is 5.05. The first-order valence-electron chi connectivity index (χ1n) is 10.4. The lowest BCUT2D eigenvalue weighted by atomic mass is 10.1. The Morgan fingerprint density at radius 2 is 2.16 bits per heavy atom. The number of aromatic amines is 1. The Morgan fingerprint density at radius 1 is 1.29 bits per heavy atom. The topological polar surface area (TPSA) is 77.0 Å². The van der Waals surface area contributed by atoms with Gasteiger partial charge in [0, 0.05) is 58.9 Å². The third kappa shape index (κ3) is 3.93. The van der Waals surface area contributed by atoms with Crippen molar-refractivity contribution in [1.82, 2.24) is 14.9 Å². The number of nitrogens with one attached hydrogen (secondary N) is 2. The average Bonchev–Trinajstić information content (AvgIpc) is 3.44. The number of ether oxygens (including phenoxy) is 1. The van der Waals surface area contributed by atoms with Crippen LogP contribution in [0.4, 0.5) is 11.4 Å². The zero-order valence-electron chi connectivity index (χ0n) is 17.3. The quantitative estimate of drug-likeness (QED) is 0.464. The lowest BCUT2D eigenvalue weighted by molar-refractivity contribution is 0.0435. The molecule has 0 atom stereocenters. The molecule has 4 heterocycles. The number of fused-ring (bicyclic) bond motifs is 2. The maximum Gasteiger partial charge on any atom is 0.125 e. The molecule has 0 spiro atoms. The fourth-order valence-corrected chi connectivity index (χ4v) is 4.91.